The quantitative estimate of drug-likeness (QED) is 0.350. The third-order valence-corrected chi connectivity index (χ3v) is 6.37. The summed E-state index contributed by atoms with van der Waals surface area (Å²) in [6, 6.07) is 11.4. The lowest BCUT2D eigenvalue weighted by molar-refractivity contribution is 0.810. The maximum absolute atomic E-state index is 12.8. The zero-order valence-corrected chi connectivity index (χ0v) is 17.7. The van der Waals surface area contributed by atoms with Gasteiger partial charge in [0.25, 0.3) is 11.1 Å². The summed E-state index contributed by atoms with van der Waals surface area (Å²) in [4.78, 5) is 40.3. The molecule has 2 N–H and O–H groups in total. The van der Waals surface area contributed by atoms with E-state index in [-0.39, 0.29) is 16.4 Å². The summed E-state index contributed by atoms with van der Waals surface area (Å²) in [6.07, 6.45) is 1.67. The van der Waals surface area contributed by atoms with E-state index in [1.807, 2.05) is 49.6 Å². The van der Waals surface area contributed by atoms with E-state index in [0.29, 0.717) is 21.2 Å². The van der Waals surface area contributed by atoms with Crippen LogP contribution in [0.4, 0.5) is 0 Å². The lowest BCUT2D eigenvalue weighted by Crippen LogP contribution is -2.14. The lowest BCUT2D eigenvalue weighted by Gasteiger charge is -2.10. The fraction of sp³-hybridized carbons (Fsp3) is 0.238. The van der Waals surface area contributed by atoms with E-state index in [2.05, 4.69) is 19.9 Å². The summed E-state index contributed by atoms with van der Waals surface area (Å²) >= 11 is 2.84. The predicted octanol–water partition coefficient (Wildman–Crippen LogP) is 4.54. The molecule has 0 aliphatic heterocycles. The first-order valence-electron chi connectivity index (χ1n) is 9.39. The Morgan fingerprint density at radius 3 is 2.69 bits per heavy atom. The third kappa shape index (κ3) is 4.18. The first-order chi connectivity index (χ1) is 14.0. The van der Waals surface area contributed by atoms with Gasteiger partial charge in [-0.05, 0) is 18.9 Å². The predicted molar refractivity (Wildman–Crippen MR) is 119 cm³/mol. The van der Waals surface area contributed by atoms with E-state index < -0.39 is 0 Å². The topological polar surface area (TPSA) is 91.5 Å². The molecular weight excluding hydrogens is 404 g/mol. The van der Waals surface area contributed by atoms with Gasteiger partial charge < -0.3 is 9.97 Å². The summed E-state index contributed by atoms with van der Waals surface area (Å²) in [7, 11) is 0. The molecule has 0 aliphatic rings. The number of nitrogens with one attached hydrogen (secondary N) is 2. The minimum Gasteiger partial charge on any atom is -0.309 e. The number of hydrogen-bond donors (Lipinski definition) is 2. The van der Waals surface area contributed by atoms with Crippen molar-refractivity contribution in [2.45, 2.75) is 37.1 Å². The number of aromatic nitrogens is 4. The van der Waals surface area contributed by atoms with Gasteiger partial charge in [-0.2, -0.15) is 0 Å². The van der Waals surface area contributed by atoms with E-state index in [0.717, 1.165) is 29.7 Å². The zero-order valence-electron chi connectivity index (χ0n) is 16.1. The Morgan fingerprint density at radius 2 is 1.93 bits per heavy atom. The van der Waals surface area contributed by atoms with Crippen molar-refractivity contribution < 1.29 is 0 Å². The van der Waals surface area contributed by atoms with Crippen LogP contribution in [0, 0.1) is 0 Å². The molecule has 0 aliphatic carbocycles. The van der Waals surface area contributed by atoms with Gasteiger partial charge in [0.05, 0.1) is 10.6 Å². The van der Waals surface area contributed by atoms with Crippen LogP contribution in [0.25, 0.3) is 21.3 Å². The molecular formula is C21H20N4O2S2. The van der Waals surface area contributed by atoms with Crippen molar-refractivity contribution in [3.8, 4) is 11.1 Å². The highest BCUT2D eigenvalue weighted by Crippen LogP contribution is 2.34. The molecule has 0 fully saturated rings. The Hall–Kier alpha value is -2.71. The molecule has 0 radical (unpaired) electrons. The van der Waals surface area contributed by atoms with Crippen molar-refractivity contribution in [2.75, 3.05) is 0 Å². The molecule has 0 saturated carbocycles. The molecule has 1 aromatic carbocycles. The summed E-state index contributed by atoms with van der Waals surface area (Å²) < 4.78 is 0. The van der Waals surface area contributed by atoms with Gasteiger partial charge in [0.2, 0.25) is 0 Å². The largest absolute Gasteiger partial charge is 0.309 e. The summed E-state index contributed by atoms with van der Waals surface area (Å²) in [5.41, 5.74) is 2.34. The molecule has 3 aromatic heterocycles. The molecule has 29 heavy (non-hydrogen) atoms. The van der Waals surface area contributed by atoms with Gasteiger partial charge in [-0.3, -0.25) is 9.59 Å². The number of thiophene rings is 1. The second-order valence-electron chi connectivity index (χ2n) is 6.70. The van der Waals surface area contributed by atoms with Crippen LogP contribution in [0.15, 0.2) is 56.5 Å². The molecule has 4 aromatic rings. The standard InChI is InChI=1S/C21H20N4O2S2/c1-3-7-14-10-16(26)23-21(22-14)29-12(2)18-24-19(27)17-15(11-28-20(17)25-18)13-8-5-4-6-9-13/h4-6,8-12H,3,7H2,1-2H3,(H,22,23,26)(H,24,25,27)/t12-/m0/s1. The number of nitrogens with zero attached hydrogens (tertiary/aromatic N) is 2. The van der Waals surface area contributed by atoms with Crippen LogP contribution in [0.1, 0.15) is 37.0 Å². The number of thioether (sulfide) groups is 1. The minimum atomic E-state index is -0.172. The molecule has 0 unspecified atom stereocenters. The van der Waals surface area contributed by atoms with E-state index in [9.17, 15) is 9.59 Å². The van der Waals surface area contributed by atoms with Crippen molar-refractivity contribution in [2.24, 2.45) is 0 Å². The second-order valence-corrected chi connectivity index (χ2v) is 8.89. The minimum absolute atomic E-state index is 0.154. The average molecular weight is 425 g/mol. The summed E-state index contributed by atoms with van der Waals surface area (Å²) in [5, 5.41) is 2.94. The smallest absolute Gasteiger partial charge is 0.260 e. The summed E-state index contributed by atoms with van der Waals surface area (Å²) in [6.45, 7) is 3.99. The molecule has 3 heterocycles. The number of hydrogen-bond acceptors (Lipinski definition) is 6. The number of benzene rings is 1. The Kier molecular flexibility index (Phi) is 5.64. The maximum atomic E-state index is 12.8. The normalized spacial score (nSPS) is 12.3. The monoisotopic (exact) mass is 424 g/mol. The molecule has 0 bridgehead atoms. The molecule has 0 amide bonds. The van der Waals surface area contributed by atoms with E-state index in [1.165, 1.54) is 29.2 Å². The van der Waals surface area contributed by atoms with Crippen molar-refractivity contribution in [1.29, 1.82) is 0 Å². The summed E-state index contributed by atoms with van der Waals surface area (Å²) in [5.74, 6) is 0.567. The van der Waals surface area contributed by atoms with Gasteiger partial charge in [-0.1, -0.05) is 55.4 Å². The highest BCUT2D eigenvalue weighted by Gasteiger charge is 2.17. The molecule has 148 valence electrons. The fourth-order valence-corrected chi connectivity index (χ4v) is 4.98. The number of H-pyrrole nitrogens is 2. The molecule has 0 saturated heterocycles. The molecule has 0 spiro atoms. The van der Waals surface area contributed by atoms with Crippen molar-refractivity contribution in [1.82, 2.24) is 19.9 Å². The van der Waals surface area contributed by atoms with Crippen molar-refractivity contribution >= 4 is 33.3 Å². The van der Waals surface area contributed by atoms with Crippen LogP contribution in [0.5, 0.6) is 0 Å². The zero-order chi connectivity index (χ0) is 20.4. The second kappa shape index (κ2) is 8.34. The van der Waals surface area contributed by atoms with Crippen LogP contribution in [0.2, 0.25) is 0 Å². The van der Waals surface area contributed by atoms with Gasteiger partial charge in [-0.25, -0.2) is 9.97 Å². The van der Waals surface area contributed by atoms with E-state index >= 15 is 0 Å². The number of fused-ring (bicyclic) bond motifs is 1. The van der Waals surface area contributed by atoms with E-state index in [1.54, 1.807) is 0 Å². The lowest BCUT2D eigenvalue weighted by atomic mass is 10.1. The average Bonchev–Trinajstić information content (AvgIpc) is 3.13. The van der Waals surface area contributed by atoms with Crippen LogP contribution in [-0.4, -0.2) is 19.9 Å². The molecule has 1 atom stereocenters. The Balaban J connectivity index is 1.67. The van der Waals surface area contributed by atoms with Crippen LogP contribution < -0.4 is 11.1 Å². The SMILES string of the molecule is CCCc1cc(=O)[nH]c(S[C@@H](C)c2nc3scc(-c4ccccc4)c3c(=O)[nH]2)n1. The number of rotatable bonds is 6. The van der Waals surface area contributed by atoms with Gasteiger partial charge in [0.1, 0.15) is 10.7 Å². The van der Waals surface area contributed by atoms with Gasteiger partial charge in [0.15, 0.2) is 5.16 Å². The third-order valence-electron chi connectivity index (χ3n) is 4.50. The van der Waals surface area contributed by atoms with Gasteiger partial charge in [-0.15, -0.1) is 11.3 Å². The highest BCUT2D eigenvalue weighted by atomic mass is 32.2. The molecule has 8 heteroatoms. The molecule has 6 nitrogen and oxygen atoms in total. The first-order valence-corrected chi connectivity index (χ1v) is 11.1. The van der Waals surface area contributed by atoms with Gasteiger partial charge in [0, 0.05) is 22.7 Å². The highest BCUT2D eigenvalue weighted by molar-refractivity contribution is 7.99. The van der Waals surface area contributed by atoms with Crippen molar-refractivity contribution in [3.05, 3.63) is 74.0 Å². The number of aryl methyl sites for hydroxylation is 1. The Morgan fingerprint density at radius 1 is 1.14 bits per heavy atom. The Labute approximate surface area is 175 Å². The van der Waals surface area contributed by atoms with Crippen LogP contribution in [-0.2, 0) is 6.42 Å². The number of aromatic amines is 2. The maximum Gasteiger partial charge on any atom is 0.260 e. The van der Waals surface area contributed by atoms with E-state index in [4.69, 9.17) is 0 Å². The molecule has 4 rings (SSSR count). The van der Waals surface area contributed by atoms with Crippen LogP contribution in [0.3, 0.4) is 0 Å². The Bertz CT molecular complexity index is 1260. The first kappa shape index (κ1) is 19.6. The van der Waals surface area contributed by atoms with Gasteiger partial charge >= 0.3 is 0 Å². The van der Waals surface area contributed by atoms with Crippen molar-refractivity contribution in [3.63, 3.8) is 0 Å². The fourth-order valence-electron chi connectivity index (χ4n) is 3.14. The van der Waals surface area contributed by atoms with Crippen LogP contribution >= 0.6 is 23.1 Å².